The summed E-state index contributed by atoms with van der Waals surface area (Å²) in [7, 11) is 1.70. The Morgan fingerprint density at radius 3 is 2.39 bits per heavy atom. The summed E-state index contributed by atoms with van der Waals surface area (Å²) in [6, 6.07) is 7.30. The van der Waals surface area contributed by atoms with Gasteiger partial charge < -0.3 is 9.64 Å². The number of ether oxygens (including phenoxy) is 1. The van der Waals surface area contributed by atoms with Crippen molar-refractivity contribution < 1.29 is 13.9 Å². The maximum Gasteiger partial charge on any atom is 0.410 e. The Morgan fingerprint density at radius 2 is 1.91 bits per heavy atom. The van der Waals surface area contributed by atoms with Crippen LogP contribution in [-0.4, -0.2) is 33.4 Å². The molecule has 1 unspecified atom stereocenters. The van der Waals surface area contributed by atoms with Crippen LogP contribution < -0.4 is 0 Å². The van der Waals surface area contributed by atoms with Crippen molar-refractivity contribution in [3.63, 3.8) is 0 Å². The van der Waals surface area contributed by atoms with Crippen molar-refractivity contribution in [1.82, 2.24) is 14.7 Å². The Labute approximate surface area is 135 Å². The quantitative estimate of drug-likeness (QED) is 0.861. The molecule has 0 aliphatic rings. The third kappa shape index (κ3) is 4.31. The average molecular weight is 319 g/mol. The van der Waals surface area contributed by atoms with E-state index in [2.05, 4.69) is 5.10 Å². The lowest BCUT2D eigenvalue weighted by molar-refractivity contribution is 0.0234. The molecule has 1 aromatic heterocycles. The Balaban J connectivity index is 2.10. The number of rotatable bonds is 3. The highest BCUT2D eigenvalue weighted by Crippen LogP contribution is 2.22. The van der Waals surface area contributed by atoms with Crippen LogP contribution in [0.15, 0.2) is 36.7 Å². The highest BCUT2D eigenvalue weighted by molar-refractivity contribution is 5.68. The zero-order valence-electron chi connectivity index (χ0n) is 14.1. The van der Waals surface area contributed by atoms with Crippen LogP contribution in [0.4, 0.5) is 9.18 Å². The molecule has 0 bridgehead atoms. The minimum absolute atomic E-state index is 0.145. The van der Waals surface area contributed by atoms with Gasteiger partial charge in [-0.1, -0.05) is 12.1 Å². The largest absolute Gasteiger partial charge is 0.444 e. The minimum atomic E-state index is -0.529. The third-order valence-corrected chi connectivity index (χ3v) is 3.45. The van der Waals surface area contributed by atoms with Crippen LogP contribution in [0.2, 0.25) is 0 Å². The van der Waals surface area contributed by atoms with E-state index in [1.165, 1.54) is 10.9 Å². The summed E-state index contributed by atoms with van der Waals surface area (Å²) in [6.45, 7) is 7.43. The van der Waals surface area contributed by atoms with Gasteiger partial charge in [0.05, 0.1) is 24.1 Å². The number of halogens is 1. The second-order valence-electron chi connectivity index (χ2n) is 6.46. The molecule has 1 amide bonds. The normalized spacial score (nSPS) is 12.8. The van der Waals surface area contributed by atoms with Crippen molar-refractivity contribution in [2.45, 2.75) is 39.3 Å². The van der Waals surface area contributed by atoms with Gasteiger partial charge in [0.1, 0.15) is 5.60 Å². The molecule has 1 heterocycles. The lowest BCUT2D eigenvalue weighted by atomic mass is 10.1. The van der Waals surface area contributed by atoms with Gasteiger partial charge in [-0.25, -0.2) is 13.9 Å². The molecule has 6 heteroatoms. The van der Waals surface area contributed by atoms with Gasteiger partial charge in [0.25, 0.3) is 0 Å². The number of aromatic nitrogens is 2. The Kier molecular flexibility index (Phi) is 4.73. The van der Waals surface area contributed by atoms with E-state index in [0.717, 1.165) is 17.4 Å². The molecular weight excluding hydrogens is 297 g/mol. The van der Waals surface area contributed by atoms with Crippen LogP contribution in [0.3, 0.4) is 0 Å². The first-order valence-electron chi connectivity index (χ1n) is 7.44. The molecule has 1 atom stereocenters. The number of carbonyl (C=O) groups excluding carboxylic acids is 1. The molecule has 0 aliphatic heterocycles. The fourth-order valence-electron chi connectivity index (χ4n) is 2.06. The van der Waals surface area contributed by atoms with Crippen molar-refractivity contribution in [3.8, 4) is 5.69 Å². The molecule has 0 radical (unpaired) electrons. The van der Waals surface area contributed by atoms with Gasteiger partial charge in [0.2, 0.25) is 0 Å². The standard InChI is InChI=1S/C17H22FN3O2/c1-12(20(5)16(22)23-17(2,3)4)13-6-8-15(9-7-13)21-11-14(18)10-19-21/h6-12H,1-5H3. The van der Waals surface area contributed by atoms with Crippen LogP contribution in [0.25, 0.3) is 5.69 Å². The maximum atomic E-state index is 13.0. The molecule has 0 aliphatic carbocycles. The molecule has 0 N–H and O–H groups in total. The lowest BCUT2D eigenvalue weighted by Crippen LogP contribution is -2.35. The summed E-state index contributed by atoms with van der Waals surface area (Å²) >= 11 is 0. The first-order chi connectivity index (χ1) is 10.7. The van der Waals surface area contributed by atoms with Gasteiger partial charge in [0.15, 0.2) is 5.82 Å². The zero-order valence-corrected chi connectivity index (χ0v) is 14.1. The Bertz CT molecular complexity index is 674. The summed E-state index contributed by atoms with van der Waals surface area (Å²) in [5.41, 5.74) is 1.18. The smallest absolute Gasteiger partial charge is 0.410 e. The van der Waals surface area contributed by atoms with E-state index in [4.69, 9.17) is 4.74 Å². The van der Waals surface area contributed by atoms with Crippen LogP contribution in [-0.2, 0) is 4.74 Å². The first kappa shape index (κ1) is 17.0. The first-order valence-corrected chi connectivity index (χ1v) is 7.44. The highest BCUT2D eigenvalue weighted by Gasteiger charge is 2.23. The van der Waals surface area contributed by atoms with Gasteiger partial charge in [-0.2, -0.15) is 5.10 Å². The van der Waals surface area contributed by atoms with E-state index in [-0.39, 0.29) is 18.0 Å². The number of benzene rings is 1. The second-order valence-corrected chi connectivity index (χ2v) is 6.46. The number of hydrogen-bond acceptors (Lipinski definition) is 3. The number of carbonyl (C=O) groups is 1. The summed E-state index contributed by atoms with van der Waals surface area (Å²) in [6.07, 6.45) is 2.10. The maximum absolute atomic E-state index is 13.0. The molecule has 1 aromatic carbocycles. The lowest BCUT2D eigenvalue weighted by Gasteiger charge is -2.29. The van der Waals surface area contributed by atoms with E-state index >= 15 is 0 Å². The minimum Gasteiger partial charge on any atom is -0.444 e. The molecule has 0 spiro atoms. The molecule has 2 rings (SSSR count). The van der Waals surface area contributed by atoms with E-state index in [0.29, 0.717) is 0 Å². The van der Waals surface area contributed by atoms with E-state index in [1.54, 1.807) is 11.9 Å². The molecule has 124 valence electrons. The van der Waals surface area contributed by atoms with Crippen molar-refractivity contribution in [2.75, 3.05) is 7.05 Å². The number of amides is 1. The van der Waals surface area contributed by atoms with Crippen molar-refractivity contribution >= 4 is 6.09 Å². The summed E-state index contributed by atoms with van der Waals surface area (Å²) in [4.78, 5) is 13.7. The fourth-order valence-corrected chi connectivity index (χ4v) is 2.06. The van der Waals surface area contributed by atoms with Crippen LogP contribution in [0, 0.1) is 5.82 Å². The highest BCUT2D eigenvalue weighted by atomic mass is 19.1. The zero-order chi connectivity index (χ0) is 17.2. The third-order valence-electron chi connectivity index (χ3n) is 3.45. The predicted octanol–water partition coefficient (Wildman–Crippen LogP) is 3.94. The van der Waals surface area contributed by atoms with Crippen molar-refractivity contribution in [3.05, 3.63) is 48.0 Å². The van der Waals surface area contributed by atoms with Gasteiger partial charge in [-0.3, -0.25) is 0 Å². The van der Waals surface area contributed by atoms with Gasteiger partial charge >= 0.3 is 6.09 Å². The summed E-state index contributed by atoms with van der Waals surface area (Å²) in [5, 5.41) is 3.92. The van der Waals surface area contributed by atoms with Crippen LogP contribution in [0.1, 0.15) is 39.3 Å². The topological polar surface area (TPSA) is 47.4 Å². The molecule has 0 fully saturated rings. The Morgan fingerprint density at radius 1 is 1.30 bits per heavy atom. The monoisotopic (exact) mass is 319 g/mol. The second kappa shape index (κ2) is 6.40. The molecule has 5 nitrogen and oxygen atoms in total. The molecular formula is C17H22FN3O2. The molecule has 2 aromatic rings. The van der Waals surface area contributed by atoms with Gasteiger partial charge in [-0.15, -0.1) is 0 Å². The van der Waals surface area contributed by atoms with E-state index in [1.807, 2.05) is 52.0 Å². The number of hydrogen-bond donors (Lipinski definition) is 0. The van der Waals surface area contributed by atoms with Crippen molar-refractivity contribution in [2.24, 2.45) is 0 Å². The van der Waals surface area contributed by atoms with Crippen molar-refractivity contribution in [1.29, 1.82) is 0 Å². The van der Waals surface area contributed by atoms with Gasteiger partial charge in [0, 0.05) is 7.05 Å². The Hall–Kier alpha value is -2.37. The van der Waals surface area contributed by atoms with Crippen LogP contribution >= 0.6 is 0 Å². The molecule has 23 heavy (non-hydrogen) atoms. The number of nitrogens with zero attached hydrogens (tertiary/aromatic N) is 3. The SMILES string of the molecule is CC(c1ccc(-n2cc(F)cn2)cc1)N(C)C(=O)OC(C)(C)C. The van der Waals surface area contributed by atoms with E-state index in [9.17, 15) is 9.18 Å². The predicted molar refractivity (Wildman–Crippen MR) is 85.9 cm³/mol. The van der Waals surface area contributed by atoms with Gasteiger partial charge in [-0.05, 0) is 45.4 Å². The molecule has 0 saturated heterocycles. The average Bonchev–Trinajstić information content (AvgIpc) is 2.90. The van der Waals surface area contributed by atoms with E-state index < -0.39 is 5.60 Å². The molecule has 0 saturated carbocycles. The summed E-state index contributed by atoms with van der Waals surface area (Å²) in [5.74, 6) is -0.382. The van der Waals surface area contributed by atoms with Crippen LogP contribution in [0.5, 0.6) is 0 Å². The fraction of sp³-hybridized carbons (Fsp3) is 0.412. The summed E-state index contributed by atoms with van der Waals surface area (Å²) < 4.78 is 19.8.